The molecule has 0 spiro atoms. The van der Waals surface area contributed by atoms with Gasteiger partial charge >= 0.3 is 0 Å². The number of nitrogens with zero attached hydrogens (tertiary/aromatic N) is 2. The van der Waals surface area contributed by atoms with Crippen molar-refractivity contribution in [3.8, 4) is 0 Å². The zero-order chi connectivity index (χ0) is 13.4. The number of morpholine rings is 1. The Bertz CT molecular complexity index is 533. The third kappa shape index (κ3) is 2.55. The van der Waals surface area contributed by atoms with Crippen LogP contribution in [0.3, 0.4) is 0 Å². The largest absolute Gasteiger partial charge is 0.379 e. The topological polar surface area (TPSA) is 25.4 Å². The first kappa shape index (κ1) is 13.1. The third-order valence-electron chi connectivity index (χ3n) is 4.09. The van der Waals surface area contributed by atoms with E-state index in [1.807, 2.05) is 6.92 Å². The van der Waals surface area contributed by atoms with E-state index in [0.717, 1.165) is 50.5 Å². The van der Waals surface area contributed by atoms with Crippen LogP contribution >= 0.6 is 11.6 Å². The number of ether oxygens (including phenoxy) is 1. The summed E-state index contributed by atoms with van der Waals surface area (Å²) in [6.07, 6.45) is 3.24. The van der Waals surface area contributed by atoms with Crippen LogP contribution in [-0.2, 0) is 11.2 Å². The minimum absolute atomic E-state index is 0.648. The molecule has 0 N–H and O–H groups in total. The Hall–Kier alpha value is -0.900. The van der Waals surface area contributed by atoms with E-state index in [1.54, 1.807) is 0 Å². The predicted octanol–water partition coefficient (Wildman–Crippen LogP) is 2.62. The summed E-state index contributed by atoms with van der Waals surface area (Å²) in [6.45, 7) is 8.94. The van der Waals surface area contributed by atoms with E-state index < -0.39 is 0 Å². The minimum atomic E-state index is 0.648. The molecule has 1 aromatic heterocycles. The van der Waals surface area contributed by atoms with Gasteiger partial charge in [0.15, 0.2) is 0 Å². The van der Waals surface area contributed by atoms with Gasteiger partial charge in [-0.3, -0.25) is 4.90 Å². The molecule has 0 atom stereocenters. The van der Waals surface area contributed by atoms with Crippen molar-refractivity contribution < 1.29 is 4.74 Å². The molecular weight excluding hydrogens is 260 g/mol. The summed E-state index contributed by atoms with van der Waals surface area (Å²) >= 11 is 6.27. The lowest BCUT2D eigenvalue weighted by atomic mass is 10.0. The summed E-state index contributed by atoms with van der Waals surface area (Å²) in [5.41, 5.74) is 6.26. The van der Waals surface area contributed by atoms with Crippen molar-refractivity contribution in [1.29, 1.82) is 0 Å². The average Bonchev–Trinajstić information content (AvgIpc) is 2.82. The van der Waals surface area contributed by atoms with Crippen molar-refractivity contribution in [3.05, 3.63) is 33.1 Å². The van der Waals surface area contributed by atoms with Gasteiger partial charge in [-0.25, -0.2) is 4.98 Å². The van der Waals surface area contributed by atoms with Gasteiger partial charge in [0.05, 0.1) is 13.2 Å². The quantitative estimate of drug-likeness (QED) is 0.778. The van der Waals surface area contributed by atoms with Gasteiger partial charge in [-0.05, 0) is 31.4 Å². The molecule has 1 aliphatic carbocycles. The minimum Gasteiger partial charge on any atom is -0.379 e. The molecule has 0 unspecified atom stereocenters. The number of aromatic nitrogens is 1. The summed E-state index contributed by atoms with van der Waals surface area (Å²) in [5.74, 6) is 0. The average molecular weight is 279 g/mol. The van der Waals surface area contributed by atoms with Crippen molar-refractivity contribution in [2.45, 2.75) is 20.3 Å². The molecule has 0 bridgehead atoms. The standard InChI is InChI=1S/C15H19ClN2O/c1-10-11(2)17-15(16)14-8-12(7-13(10)14)9-18-3-5-19-6-4-18/h8H,3-7,9H2,1-2H3. The van der Waals surface area contributed by atoms with E-state index in [4.69, 9.17) is 16.3 Å². The normalized spacial score (nSPS) is 19.4. The van der Waals surface area contributed by atoms with Crippen LogP contribution in [0.5, 0.6) is 0 Å². The van der Waals surface area contributed by atoms with Gasteiger partial charge in [0.1, 0.15) is 5.15 Å². The highest BCUT2D eigenvalue weighted by Gasteiger charge is 2.22. The summed E-state index contributed by atoms with van der Waals surface area (Å²) in [5, 5.41) is 0.648. The number of fused-ring (bicyclic) bond motifs is 1. The molecule has 0 saturated carbocycles. The summed E-state index contributed by atoms with van der Waals surface area (Å²) in [7, 11) is 0. The van der Waals surface area contributed by atoms with E-state index in [2.05, 4.69) is 22.9 Å². The number of pyridine rings is 1. The second-order valence-electron chi connectivity index (χ2n) is 5.37. The van der Waals surface area contributed by atoms with Gasteiger partial charge < -0.3 is 4.74 Å². The highest BCUT2D eigenvalue weighted by atomic mass is 35.5. The Balaban J connectivity index is 1.79. The molecule has 0 aromatic carbocycles. The van der Waals surface area contributed by atoms with Crippen molar-refractivity contribution in [2.75, 3.05) is 32.8 Å². The summed E-state index contributed by atoms with van der Waals surface area (Å²) in [6, 6.07) is 0. The maximum absolute atomic E-state index is 6.27. The number of aryl methyl sites for hydroxylation is 1. The van der Waals surface area contributed by atoms with Crippen molar-refractivity contribution >= 4 is 17.7 Å². The lowest BCUT2D eigenvalue weighted by Crippen LogP contribution is -2.37. The van der Waals surface area contributed by atoms with Crippen molar-refractivity contribution in [1.82, 2.24) is 9.88 Å². The number of rotatable bonds is 2. The van der Waals surface area contributed by atoms with E-state index >= 15 is 0 Å². The SMILES string of the molecule is Cc1nc(Cl)c2c(c1C)CC(CN1CCOCC1)=C2. The lowest BCUT2D eigenvalue weighted by Gasteiger charge is -2.27. The Labute approximate surface area is 119 Å². The van der Waals surface area contributed by atoms with Gasteiger partial charge in [0.25, 0.3) is 0 Å². The second kappa shape index (κ2) is 5.23. The maximum atomic E-state index is 6.27. The van der Waals surface area contributed by atoms with Gasteiger partial charge in [-0.1, -0.05) is 23.3 Å². The molecule has 1 aromatic rings. The molecule has 2 heterocycles. The summed E-state index contributed by atoms with van der Waals surface area (Å²) < 4.78 is 5.39. The fourth-order valence-corrected chi connectivity index (χ4v) is 3.14. The molecule has 19 heavy (non-hydrogen) atoms. The molecular formula is C15H19ClN2O. The highest BCUT2D eigenvalue weighted by Crippen LogP contribution is 2.33. The van der Waals surface area contributed by atoms with Crippen molar-refractivity contribution in [2.24, 2.45) is 0 Å². The Kier molecular flexibility index (Phi) is 3.61. The van der Waals surface area contributed by atoms with E-state index in [9.17, 15) is 0 Å². The van der Waals surface area contributed by atoms with E-state index in [-0.39, 0.29) is 0 Å². The van der Waals surface area contributed by atoms with E-state index in [1.165, 1.54) is 16.7 Å². The van der Waals surface area contributed by atoms with Crippen LogP contribution in [0.15, 0.2) is 5.57 Å². The first-order valence-electron chi connectivity index (χ1n) is 6.80. The van der Waals surface area contributed by atoms with Crippen LogP contribution in [0.4, 0.5) is 0 Å². The Morgan fingerprint density at radius 1 is 1.32 bits per heavy atom. The van der Waals surface area contributed by atoms with E-state index in [0.29, 0.717) is 5.15 Å². The molecule has 2 aliphatic rings. The monoisotopic (exact) mass is 278 g/mol. The first-order chi connectivity index (χ1) is 9.15. The number of hydrogen-bond acceptors (Lipinski definition) is 3. The zero-order valence-electron chi connectivity index (χ0n) is 11.5. The van der Waals surface area contributed by atoms with Crippen molar-refractivity contribution in [3.63, 3.8) is 0 Å². The van der Waals surface area contributed by atoms with Crippen LogP contribution < -0.4 is 0 Å². The van der Waals surface area contributed by atoms with Crippen LogP contribution in [-0.4, -0.2) is 42.7 Å². The van der Waals surface area contributed by atoms with Crippen LogP contribution in [0, 0.1) is 13.8 Å². The highest BCUT2D eigenvalue weighted by molar-refractivity contribution is 6.31. The lowest BCUT2D eigenvalue weighted by molar-refractivity contribution is 0.0422. The molecule has 1 saturated heterocycles. The maximum Gasteiger partial charge on any atom is 0.136 e. The number of hydrogen-bond donors (Lipinski definition) is 0. The van der Waals surface area contributed by atoms with Gasteiger partial charge in [-0.15, -0.1) is 0 Å². The second-order valence-corrected chi connectivity index (χ2v) is 5.73. The van der Waals surface area contributed by atoms with Gasteiger partial charge in [-0.2, -0.15) is 0 Å². The fraction of sp³-hybridized carbons (Fsp3) is 0.533. The zero-order valence-corrected chi connectivity index (χ0v) is 12.3. The molecule has 3 rings (SSSR count). The molecule has 0 amide bonds. The summed E-state index contributed by atoms with van der Waals surface area (Å²) in [4.78, 5) is 6.86. The smallest absolute Gasteiger partial charge is 0.136 e. The number of halogens is 1. The van der Waals surface area contributed by atoms with Crippen LogP contribution in [0.2, 0.25) is 5.15 Å². The molecule has 0 radical (unpaired) electrons. The third-order valence-corrected chi connectivity index (χ3v) is 4.38. The van der Waals surface area contributed by atoms with Crippen LogP contribution in [0.25, 0.3) is 6.08 Å². The molecule has 1 aliphatic heterocycles. The molecule has 1 fully saturated rings. The first-order valence-corrected chi connectivity index (χ1v) is 7.18. The molecule has 3 nitrogen and oxygen atoms in total. The van der Waals surface area contributed by atoms with Gasteiger partial charge in [0, 0.05) is 30.9 Å². The molecule has 4 heteroatoms. The van der Waals surface area contributed by atoms with Gasteiger partial charge in [0.2, 0.25) is 0 Å². The Morgan fingerprint density at radius 2 is 2.05 bits per heavy atom. The fourth-order valence-electron chi connectivity index (χ4n) is 2.84. The van der Waals surface area contributed by atoms with Crippen LogP contribution in [0.1, 0.15) is 22.4 Å². The molecule has 102 valence electrons. The Morgan fingerprint density at radius 3 is 2.79 bits per heavy atom. The predicted molar refractivity (Wildman–Crippen MR) is 77.7 cm³/mol.